The van der Waals surface area contributed by atoms with Crippen LogP contribution < -0.4 is 0 Å². The molecule has 6 nitrogen and oxygen atoms in total. The summed E-state index contributed by atoms with van der Waals surface area (Å²) in [7, 11) is 3.44. The largest absolute Gasteiger partial charge is 0.468 e. The van der Waals surface area contributed by atoms with E-state index in [1.165, 1.54) is 7.11 Å². The molecule has 7 heteroatoms. The van der Waals surface area contributed by atoms with E-state index in [0.717, 1.165) is 40.8 Å². The number of benzene rings is 1. The van der Waals surface area contributed by atoms with Crippen LogP contribution in [0.2, 0.25) is 0 Å². The molecule has 0 amide bonds. The van der Waals surface area contributed by atoms with Crippen LogP contribution in [-0.4, -0.2) is 59.9 Å². The third kappa shape index (κ3) is 3.27. The molecule has 0 bridgehead atoms. The molecule has 1 aromatic heterocycles. The molecule has 2 aromatic rings. The molecular formula is C16H20BrN3O3. The summed E-state index contributed by atoms with van der Waals surface area (Å²) in [6, 6.07) is 5.69. The Bertz CT molecular complexity index is 716. The SMILES string of the molecule is COC(=O)[C@@H]1COCCN1CCc1nc2cccc(Br)c2n1C. The Labute approximate surface area is 143 Å². The number of carbonyl (C=O) groups is 1. The number of morpholine rings is 1. The summed E-state index contributed by atoms with van der Waals surface area (Å²) >= 11 is 3.58. The first-order chi connectivity index (χ1) is 11.1. The van der Waals surface area contributed by atoms with E-state index in [0.29, 0.717) is 13.2 Å². The molecule has 0 saturated carbocycles. The van der Waals surface area contributed by atoms with Crippen LogP contribution in [0.25, 0.3) is 11.0 Å². The van der Waals surface area contributed by atoms with Gasteiger partial charge in [-0.15, -0.1) is 0 Å². The average molecular weight is 382 g/mol. The van der Waals surface area contributed by atoms with Crippen LogP contribution in [0.4, 0.5) is 0 Å². The summed E-state index contributed by atoms with van der Waals surface area (Å²) in [6.07, 6.45) is 0.769. The van der Waals surface area contributed by atoms with Gasteiger partial charge >= 0.3 is 5.97 Å². The zero-order valence-electron chi connectivity index (χ0n) is 13.3. The van der Waals surface area contributed by atoms with Crippen molar-refractivity contribution in [2.24, 2.45) is 7.05 Å². The van der Waals surface area contributed by atoms with Gasteiger partial charge in [0.2, 0.25) is 0 Å². The summed E-state index contributed by atoms with van der Waals surface area (Å²) in [5.74, 6) is 0.763. The van der Waals surface area contributed by atoms with Gasteiger partial charge in [0.05, 0.1) is 31.4 Å². The smallest absolute Gasteiger partial charge is 0.325 e. The summed E-state index contributed by atoms with van der Waals surface area (Å²) in [5, 5.41) is 0. The molecule has 3 rings (SSSR count). The summed E-state index contributed by atoms with van der Waals surface area (Å²) < 4.78 is 13.4. The number of nitrogens with zero attached hydrogens (tertiary/aromatic N) is 3. The van der Waals surface area contributed by atoms with Gasteiger partial charge < -0.3 is 14.0 Å². The first kappa shape index (κ1) is 16.4. The van der Waals surface area contributed by atoms with E-state index in [-0.39, 0.29) is 12.0 Å². The molecule has 124 valence electrons. The molecule has 1 atom stereocenters. The molecule has 0 N–H and O–H groups in total. The Morgan fingerprint density at radius 2 is 2.35 bits per heavy atom. The van der Waals surface area contributed by atoms with Gasteiger partial charge in [-0.3, -0.25) is 9.69 Å². The van der Waals surface area contributed by atoms with Crippen LogP contribution in [0.3, 0.4) is 0 Å². The number of ether oxygens (including phenoxy) is 2. The first-order valence-electron chi connectivity index (χ1n) is 7.61. The lowest BCUT2D eigenvalue weighted by Gasteiger charge is -2.33. The van der Waals surface area contributed by atoms with Crippen molar-refractivity contribution in [3.63, 3.8) is 0 Å². The number of methoxy groups -OCH3 is 1. The first-order valence-corrected chi connectivity index (χ1v) is 8.40. The van der Waals surface area contributed by atoms with Gasteiger partial charge in [-0.05, 0) is 28.1 Å². The van der Waals surface area contributed by atoms with Crippen molar-refractivity contribution in [1.82, 2.24) is 14.5 Å². The van der Waals surface area contributed by atoms with E-state index in [9.17, 15) is 4.79 Å². The van der Waals surface area contributed by atoms with Crippen LogP contribution >= 0.6 is 15.9 Å². The van der Waals surface area contributed by atoms with Crippen LogP contribution in [0.1, 0.15) is 5.82 Å². The topological polar surface area (TPSA) is 56.6 Å². The van der Waals surface area contributed by atoms with E-state index in [2.05, 4.69) is 25.4 Å². The number of imidazole rings is 1. The minimum Gasteiger partial charge on any atom is -0.468 e. The number of fused-ring (bicyclic) bond motifs is 1. The Balaban J connectivity index is 1.76. The Hall–Kier alpha value is -1.44. The van der Waals surface area contributed by atoms with E-state index < -0.39 is 0 Å². The van der Waals surface area contributed by atoms with Crippen LogP contribution in [0, 0.1) is 0 Å². The molecule has 23 heavy (non-hydrogen) atoms. The highest BCUT2D eigenvalue weighted by molar-refractivity contribution is 9.10. The number of hydrogen-bond donors (Lipinski definition) is 0. The lowest BCUT2D eigenvalue weighted by Crippen LogP contribution is -2.51. The van der Waals surface area contributed by atoms with Crippen LogP contribution in [0.5, 0.6) is 0 Å². The highest BCUT2D eigenvalue weighted by Crippen LogP contribution is 2.24. The third-order valence-electron chi connectivity index (χ3n) is 4.27. The third-order valence-corrected chi connectivity index (χ3v) is 4.91. The highest BCUT2D eigenvalue weighted by atomic mass is 79.9. The molecule has 1 aliphatic rings. The van der Waals surface area contributed by atoms with Crippen molar-refractivity contribution < 1.29 is 14.3 Å². The monoisotopic (exact) mass is 381 g/mol. The number of para-hydroxylation sites is 1. The van der Waals surface area contributed by atoms with E-state index >= 15 is 0 Å². The van der Waals surface area contributed by atoms with Gasteiger partial charge in [0.1, 0.15) is 11.9 Å². The summed E-state index contributed by atoms with van der Waals surface area (Å²) in [6.45, 7) is 2.51. The van der Waals surface area contributed by atoms with Gasteiger partial charge in [-0.25, -0.2) is 4.98 Å². The minimum atomic E-state index is -0.324. The van der Waals surface area contributed by atoms with Crippen molar-refractivity contribution in [3.05, 3.63) is 28.5 Å². The molecule has 1 fully saturated rings. The molecule has 0 aliphatic carbocycles. The lowest BCUT2D eigenvalue weighted by atomic mass is 10.2. The normalized spacial score (nSPS) is 19.2. The lowest BCUT2D eigenvalue weighted by molar-refractivity contribution is -0.153. The summed E-state index contributed by atoms with van der Waals surface area (Å²) in [4.78, 5) is 18.7. The van der Waals surface area contributed by atoms with Crippen molar-refractivity contribution in [1.29, 1.82) is 0 Å². The van der Waals surface area contributed by atoms with Gasteiger partial charge in [-0.1, -0.05) is 6.07 Å². The molecular weight excluding hydrogens is 362 g/mol. The Morgan fingerprint density at radius 1 is 1.52 bits per heavy atom. The van der Waals surface area contributed by atoms with Crippen molar-refractivity contribution >= 4 is 32.9 Å². The number of aromatic nitrogens is 2. The average Bonchev–Trinajstić information content (AvgIpc) is 2.90. The number of halogens is 1. The molecule has 2 heterocycles. The maximum absolute atomic E-state index is 11.9. The predicted octanol–water partition coefficient (Wildman–Crippen LogP) is 1.75. The van der Waals surface area contributed by atoms with Gasteiger partial charge in [0, 0.05) is 31.0 Å². The molecule has 0 radical (unpaired) electrons. The zero-order chi connectivity index (χ0) is 16.4. The number of carbonyl (C=O) groups excluding carboxylic acids is 1. The second kappa shape index (κ2) is 6.98. The predicted molar refractivity (Wildman–Crippen MR) is 90.3 cm³/mol. The Morgan fingerprint density at radius 3 is 3.09 bits per heavy atom. The molecule has 0 unspecified atom stereocenters. The maximum Gasteiger partial charge on any atom is 0.325 e. The number of aryl methyl sites for hydroxylation is 1. The molecule has 1 saturated heterocycles. The molecule has 1 aromatic carbocycles. The molecule has 1 aliphatic heterocycles. The Kier molecular flexibility index (Phi) is 4.99. The fourth-order valence-electron chi connectivity index (χ4n) is 3.00. The van der Waals surface area contributed by atoms with E-state index in [1.807, 2.05) is 25.2 Å². The van der Waals surface area contributed by atoms with Crippen LogP contribution in [-0.2, 0) is 27.7 Å². The van der Waals surface area contributed by atoms with Gasteiger partial charge in [0.15, 0.2) is 0 Å². The number of rotatable bonds is 4. The second-order valence-corrected chi connectivity index (χ2v) is 6.45. The standard InChI is InChI=1S/C16H20BrN3O3/c1-19-14(18-12-5-3-4-11(17)15(12)19)6-7-20-8-9-23-10-13(20)16(21)22-2/h3-5,13H,6-10H2,1-2H3/t13-/m0/s1. The van der Waals surface area contributed by atoms with Crippen LogP contribution in [0.15, 0.2) is 22.7 Å². The van der Waals surface area contributed by atoms with Crippen molar-refractivity contribution in [2.45, 2.75) is 12.5 Å². The maximum atomic E-state index is 11.9. The number of hydrogen-bond acceptors (Lipinski definition) is 5. The van der Waals surface area contributed by atoms with Gasteiger partial charge in [0.25, 0.3) is 0 Å². The van der Waals surface area contributed by atoms with Gasteiger partial charge in [-0.2, -0.15) is 0 Å². The second-order valence-electron chi connectivity index (χ2n) is 5.59. The minimum absolute atomic E-state index is 0.238. The summed E-state index contributed by atoms with van der Waals surface area (Å²) in [5.41, 5.74) is 2.07. The fraction of sp³-hybridized carbons (Fsp3) is 0.500. The number of esters is 1. The van der Waals surface area contributed by atoms with E-state index in [1.54, 1.807) is 0 Å². The van der Waals surface area contributed by atoms with E-state index in [4.69, 9.17) is 14.5 Å². The van der Waals surface area contributed by atoms with Crippen molar-refractivity contribution in [2.75, 3.05) is 33.4 Å². The molecule has 0 spiro atoms. The highest BCUT2D eigenvalue weighted by Gasteiger charge is 2.30. The zero-order valence-corrected chi connectivity index (χ0v) is 14.9. The van der Waals surface area contributed by atoms with Crippen molar-refractivity contribution in [3.8, 4) is 0 Å². The quantitative estimate of drug-likeness (QED) is 0.755. The fourth-order valence-corrected chi connectivity index (χ4v) is 3.62.